The summed E-state index contributed by atoms with van der Waals surface area (Å²) in [6, 6.07) is 0. The van der Waals surface area contributed by atoms with Crippen LogP contribution in [0.15, 0.2) is 22.2 Å². The van der Waals surface area contributed by atoms with Gasteiger partial charge in [0.1, 0.15) is 36.3 Å². The second-order valence-electron chi connectivity index (χ2n) is 13.5. The lowest BCUT2D eigenvalue weighted by molar-refractivity contribution is -0.646. The highest BCUT2D eigenvalue weighted by atomic mass is 31.3. The number of ether oxygens (including phenoxy) is 5. The first-order valence-electron chi connectivity index (χ1n) is 17.5. The van der Waals surface area contributed by atoms with E-state index in [-0.39, 0.29) is 34.1 Å². The van der Waals surface area contributed by atoms with E-state index >= 15 is 0 Å². The molecule has 3 aliphatic heterocycles. The number of nitrogens with two attached hydrogens (primary N) is 1. The fourth-order valence-electron chi connectivity index (χ4n) is 7.15. The molecule has 3 saturated heterocycles. The maximum Gasteiger partial charge on any atom is 0.490 e. The minimum Gasteiger partial charge on any atom is -0.386 e. The minimum absolute atomic E-state index is 0.0505. The van der Waals surface area contributed by atoms with Gasteiger partial charge < -0.3 is 54.2 Å². The van der Waals surface area contributed by atoms with E-state index in [9.17, 15) is 43.1 Å². The van der Waals surface area contributed by atoms with Gasteiger partial charge in [-0.15, -0.1) is 0 Å². The fourth-order valence-corrected chi connectivity index (χ4v) is 10.7. The zero-order valence-electron chi connectivity index (χ0n) is 31.2. The van der Waals surface area contributed by atoms with E-state index in [0.717, 1.165) is 0 Å². The Morgan fingerprint density at radius 1 is 0.897 bits per heavy atom. The number of nitrogens with one attached hydrogen (secondary N) is 2. The number of H-pyrrole nitrogens is 2. The van der Waals surface area contributed by atoms with Gasteiger partial charge in [-0.1, -0.05) is 13.8 Å². The van der Waals surface area contributed by atoms with Crippen molar-refractivity contribution in [1.82, 2.24) is 34.1 Å². The number of rotatable bonds is 15. The first-order valence-corrected chi connectivity index (χ1v) is 22.0. The molecule has 0 aromatic carbocycles. The second-order valence-corrected chi connectivity index (χ2v) is 18.1. The molecular formula is C28H41N9O18P3+. The molecule has 7 rings (SSSR count). The van der Waals surface area contributed by atoms with Crippen molar-refractivity contribution in [2.75, 3.05) is 26.1 Å². The lowest BCUT2D eigenvalue weighted by atomic mass is 10.1. The number of aliphatic hydroxyl groups excluding tert-OH is 1. The molecule has 11 atom stereocenters. The topological polar surface area (TPSA) is 359 Å². The number of aromatic nitrogens is 8. The van der Waals surface area contributed by atoms with Gasteiger partial charge in [0.15, 0.2) is 29.3 Å². The maximum atomic E-state index is 13.0. The van der Waals surface area contributed by atoms with Crippen LogP contribution in [0.4, 0.5) is 5.95 Å². The number of aliphatic hydroxyl groups is 1. The van der Waals surface area contributed by atoms with Crippen LogP contribution in [0.25, 0.3) is 22.3 Å². The molecule has 5 unspecified atom stereocenters. The monoisotopic (exact) mass is 884 g/mol. The average Bonchev–Trinajstić information content (AvgIpc) is 3.93. The second kappa shape index (κ2) is 15.6. The van der Waals surface area contributed by atoms with E-state index in [4.69, 9.17) is 38.5 Å². The molecule has 58 heavy (non-hydrogen) atoms. The molecule has 0 spiro atoms. The third-order valence-electron chi connectivity index (χ3n) is 9.75. The SMILES string of the molecule is CCC1(CC)OC2[C@@H](COP(=O)(O)OP(=O)(O)OP(=O)(O)OC[C@H]3O[C@@H](n4cnc5c(=O)[nH]c(C)nc54)[C@@H](O)C3OC)O[C@@H](n3c[n+](C)c4c(=O)[nH]c(N)nc43)[C@H]2O1. The number of aryl methyl sites for hydroxylation is 2. The maximum absolute atomic E-state index is 13.0. The van der Waals surface area contributed by atoms with Crippen molar-refractivity contribution in [3.05, 3.63) is 39.2 Å². The molecule has 4 aromatic heterocycles. The summed E-state index contributed by atoms with van der Waals surface area (Å²) in [4.78, 5) is 73.3. The molecule has 0 amide bonds. The highest BCUT2D eigenvalue weighted by molar-refractivity contribution is 7.66. The number of nitrogen functional groups attached to an aromatic ring is 1. The number of aromatic amines is 2. The van der Waals surface area contributed by atoms with Crippen molar-refractivity contribution in [3.8, 4) is 0 Å². The van der Waals surface area contributed by atoms with E-state index < -0.39 is 103 Å². The molecule has 3 aliphatic rings. The molecule has 27 nitrogen and oxygen atoms in total. The molecule has 8 N–H and O–H groups in total. The molecule has 0 radical (unpaired) electrons. The number of methoxy groups -OCH3 is 1. The number of hydrogen-bond acceptors (Lipinski definition) is 19. The summed E-state index contributed by atoms with van der Waals surface area (Å²) in [7, 11) is -14.4. The third kappa shape index (κ3) is 8.11. The summed E-state index contributed by atoms with van der Waals surface area (Å²) in [6.45, 7) is 3.44. The number of hydrogen-bond donors (Lipinski definition) is 7. The van der Waals surface area contributed by atoms with E-state index in [0.29, 0.717) is 12.8 Å². The average molecular weight is 885 g/mol. The largest absolute Gasteiger partial charge is 0.490 e. The van der Waals surface area contributed by atoms with Gasteiger partial charge in [-0.2, -0.15) is 18.2 Å². The Kier molecular flexibility index (Phi) is 11.5. The minimum atomic E-state index is -5.93. The smallest absolute Gasteiger partial charge is 0.386 e. The zero-order valence-corrected chi connectivity index (χ0v) is 33.9. The first kappa shape index (κ1) is 42.8. The normalized spacial score (nSPS) is 30.1. The molecule has 30 heteroatoms. The van der Waals surface area contributed by atoms with Crippen LogP contribution in [0.3, 0.4) is 0 Å². The van der Waals surface area contributed by atoms with E-state index in [2.05, 4.69) is 33.5 Å². The van der Waals surface area contributed by atoms with Crippen LogP contribution in [0.5, 0.6) is 0 Å². The Morgan fingerprint density at radius 2 is 1.52 bits per heavy atom. The number of imidazole rings is 2. The van der Waals surface area contributed by atoms with E-state index in [1.165, 1.54) is 40.4 Å². The Morgan fingerprint density at radius 3 is 2.16 bits per heavy atom. The van der Waals surface area contributed by atoms with Crippen molar-refractivity contribution in [3.63, 3.8) is 0 Å². The molecule has 0 saturated carbocycles. The number of phosphoric ester groups is 2. The molecule has 320 valence electrons. The molecule has 0 aliphatic carbocycles. The summed E-state index contributed by atoms with van der Waals surface area (Å²) in [5, 5.41) is 10.9. The van der Waals surface area contributed by atoms with Crippen LogP contribution in [0, 0.1) is 6.92 Å². The Hall–Kier alpha value is -3.33. The third-order valence-corrected chi connectivity index (χ3v) is 14.0. The summed E-state index contributed by atoms with van der Waals surface area (Å²) >= 11 is 0. The van der Waals surface area contributed by atoms with Gasteiger partial charge >= 0.3 is 29.0 Å². The van der Waals surface area contributed by atoms with Crippen molar-refractivity contribution < 1.29 is 79.4 Å². The number of phosphoric acid groups is 3. The van der Waals surface area contributed by atoms with Crippen LogP contribution in [-0.2, 0) is 62.1 Å². The number of fused-ring (bicyclic) bond motifs is 3. The summed E-state index contributed by atoms with van der Waals surface area (Å²) < 4.78 is 90.9. The first-order chi connectivity index (χ1) is 27.2. The van der Waals surface area contributed by atoms with Crippen LogP contribution in [0.1, 0.15) is 45.0 Å². The molecule has 0 bridgehead atoms. The van der Waals surface area contributed by atoms with Gasteiger partial charge in [0, 0.05) is 7.11 Å². The number of anilines is 1. The molecular weight excluding hydrogens is 843 g/mol. The van der Waals surface area contributed by atoms with Crippen molar-refractivity contribution in [1.29, 1.82) is 0 Å². The lowest BCUT2D eigenvalue weighted by Crippen LogP contribution is -2.35. The highest BCUT2D eigenvalue weighted by Gasteiger charge is 2.60. The molecule has 7 heterocycles. The Labute approximate surface area is 325 Å². The van der Waals surface area contributed by atoms with Crippen molar-refractivity contribution in [2.45, 2.75) is 88.5 Å². The fraction of sp³-hybridized carbons (Fsp3) is 0.643. The Bertz CT molecular complexity index is 2470. The predicted molar refractivity (Wildman–Crippen MR) is 190 cm³/mol. The zero-order chi connectivity index (χ0) is 42.1. The highest BCUT2D eigenvalue weighted by Crippen LogP contribution is 2.68. The molecule has 4 aromatic rings. The molecule has 3 fully saturated rings. The van der Waals surface area contributed by atoms with Gasteiger partial charge in [-0.3, -0.25) is 28.2 Å². The van der Waals surface area contributed by atoms with Gasteiger partial charge in [-0.05, 0) is 19.8 Å². The summed E-state index contributed by atoms with van der Waals surface area (Å²) in [6.07, 6.45) is -5.96. The standard InChI is InChI=1S/C28H40N9O18P3/c1-6-28(7-2)52-19-14(51-26(20(19)53-28)37-11-35(4)16-22(37)33-27(29)34-24(16)40)9-49-57(43,44)55-58(45,46)54-56(41,42)48-8-13-18(47-5)17(38)25(50-13)36-10-30-15-21(36)31-12(3)32-23(15)39/h10-11,13-14,17-20,25-26,38H,6-9H2,1-5H3,(H6-,29,31,32,33,34,39,40,41,42,43,44,45,46)/p+1/t13-,14-,17+,18?,19?,20+,25-,26-/m1/s1. The summed E-state index contributed by atoms with van der Waals surface area (Å²) in [5.74, 6) is -1.04. The van der Waals surface area contributed by atoms with Gasteiger partial charge in [-0.25, -0.2) is 28.2 Å². The van der Waals surface area contributed by atoms with Crippen molar-refractivity contribution >= 4 is 51.7 Å². The van der Waals surface area contributed by atoms with Gasteiger partial charge in [0.2, 0.25) is 18.5 Å². The predicted octanol–water partition coefficient (Wildman–Crippen LogP) is -0.588. The van der Waals surface area contributed by atoms with Crippen LogP contribution >= 0.6 is 23.5 Å². The Balaban J connectivity index is 1.00. The van der Waals surface area contributed by atoms with Crippen LogP contribution in [0.2, 0.25) is 0 Å². The van der Waals surface area contributed by atoms with Gasteiger partial charge in [0.05, 0.1) is 26.6 Å². The number of nitrogens with zero attached hydrogens (tertiary/aromatic N) is 6. The quantitative estimate of drug-likeness (QED) is 0.0579. The van der Waals surface area contributed by atoms with Gasteiger partial charge in [0.25, 0.3) is 16.7 Å². The van der Waals surface area contributed by atoms with Crippen molar-refractivity contribution in [2.24, 2.45) is 7.05 Å². The van der Waals surface area contributed by atoms with E-state index in [1.54, 1.807) is 7.05 Å². The van der Waals surface area contributed by atoms with Crippen LogP contribution in [-0.4, -0.2) is 117 Å². The van der Waals surface area contributed by atoms with E-state index in [1.807, 2.05) is 13.8 Å². The lowest BCUT2D eigenvalue weighted by Gasteiger charge is -2.28. The summed E-state index contributed by atoms with van der Waals surface area (Å²) in [5.41, 5.74) is 4.98. The van der Waals surface area contributed by atoms with Crippen LogP contribution < -0.4 is 21.4 Å².